The monoisotopic (exact) mass is 402 g/mol. The van der Waals surface area contributed by atoms with E-state index in [1.165, 1.54) is 53.9 Å². The summed E-state index contributed by atoms with van der Waals surface area (Å²) >= 11 is 1.17. The van der Waals surface area contributed by atoms with Crippen LogP contribution in [0.4, 0.5) is 16.2 Å². The summed E-state index contributed by atoms with van der Waals surface area (Å²) in [5.41, 5.74) is 0.363. The number of urea groups is 1. The highest BCUT2D eigenvalue weighted by atomic mass is 32.2. The van der Waals surface area contributed by atoms with Gasteiger partial charge in [-0.05, 0) is 18.2 Å². The van der Waals surface area contributed by atoms with Gasteiger partial charge in [0.25, 0.3) is 11.5 Å². The summed E-state index contributed by atoms with van der Waals surface area (Å²) in [6.07, 6.45) is 3.14. The molecule has 4 amide bonds. The molecule has 1 atom stereocenters. The number of aliphatic imine (C=N–C) groups is 1. The number of nitro groups is 1. The number of nitro benzene ring substituents is 1. The number of rotatable bonds is 5. The van der Waals surface area contributed by atoms with E-state index in [1.807, 2.05) is 0 Å². The van der Waals surface area contributed by atoms with E-state index in [0.717, 1.165) is 4.90 Å². The lowest BCUT2D eigenvalue weighted by atomic mass is 10.0. The Morgan fingerprint density at radius 3 is 2.68 bits per heavy atom. The van der Waals surface area contributed by atoms with Crippen molar-refractivity contribution in [3.05, 3.63) is 45.4 Å². The van der Waals surface area contributed by atoms with Gasteiger partial charge in [-0.3, -0.25) is 19.7 Å². The predicted octanol–water partition coefficient (Wildman–Crippen LogP) is 1.48. The lowest BCUT2D eigenvalue weighted by molar-refractivity contribution is -0.407. The minimum atomic E-state index is -0.727. The molecule has 0 aromatic heterocycles. The summed E-state index contributed by atoms with van der Waals surface area (Å²) in [6.45, 7) is 0. The van der Waals surface area contributed by atoms with Crippen LogP contribution in [0.2, 0.25) is 0 Å². The van der Waals surface area contributed by atoms with Crippen LogP contribution in [0, 0.1) is 16.0 Å². The lowest BCUT2D eigenvalue weighted by Crippen LogP contribution is -2.52. The average molecular weight is 402 g/mol. The molecule has 144 valence electrons. The lowest BCUT2D eigenvalue weighted by Gasteiger charge is -2.26. The maximum atomic E-state index is 12.5. The summed E-state index contributed by atoms with van der Waals surface area (Å²) in [7, 11) is 2.94. The molecule has 0 spiro atoms. The molecule has 1 N–H and O–H groups in total. The summed E-state index contributed by atoms with van der Waals surface area (Å²) in [6, 6.07) is 5.02. The van der Waals surface area contributed by atoms with E-state index >= 15 is 0 Å². The van der Waals surface area contributed by atoms with Gasteiger partial charge in [-0.15, -0.1) is 16.8 Å². The number of hydrogen-bond donors (Lipinski definition) is 1. The van der Waals surface area contributed by atoms with Crippen LogP contribution in [0.1, 0.15) is 0 Å². The molecule has 1 unspecified atom stereocenters. The summed E-state index contributed by atoms with van der Waals surface area (Å²) in [5.74, 6) is -1.10. The number of carbonyl (C=O) groups is 3. The molecule has 0 saturated carbocycles. The van der Waals surface area contributed by atoms with Gasteiger partial charge in [-0.1, -0.05) is 0 Å². The number of nitrogens with one attached hydrogen (secondary N) is 1. The molecular formula is C17H16N5O5S+. The van der Waals surface area contributed by atoms with Crippen molar-refractivity contribution < 1.29 is 23.9 Å². The van der Waals surface area contributed by atoms with Gasteiger partial charge in [0, 0.05) is 22.7 Å². The molecule has 0 saturated heterocycles. The fraction of sp³-hybridized carbons (Fsp3) is 0.235. The molecular weight excluding hydrogens is 386 g/mol. The zero-order chi connectivity index (χ0) is 20.4. The van der Waals surface area contributed by atoms with Gasteiger partial charge in [0.05, 0.1) is 24.8 Å². The van der Waals surface area contributed by atoms with E-state index in [4.69, 9.17) is 0 Å². The van der Waals surface area contributed by atoms with E-state index in [2.05, 4.69) is 10.3 Å². The third-order valence-electron chi connectivity index (χ3n) is 4.22. The van der Waals surface area contributed by atoms with Crippen molar-refractivity contribution in [1.82, 2.24) is 4.90 Å². The molecule has 11 heteroatoms. The number of hydrogen-bond acceptors (Lipinski definition) is 7. The molecule has 10 nitrogen and oxygen atoms in total. The van der Waals surface area contributed by atoms with Gasteiger partial charge in [0.15, 0.2) is 5.92 Å². The molecule has 1 aromatic rings. The predicted molar refractivity (Wildman–Crippen MR) is 104 cm³/mol. The molecule has 0 aliphatic carbocycles. The second-order valence-electron chi connectivity index (χ2n) is 6.02. The number of amides is 4. The molecule has 2 heterocycles. The second kappa shape index (κ2) is 7.72. The minimum Gasteiger partial charge on any atom is -0.325 e. The normalized spacial score (nSPS) is 18.7. The molecule has 1 aromatic carbocycles. The SMILES string of the molecule is CN1C(=O)C2C(SCC(=O)Nc3ccc([N+](=O)[O-])cc3)=CC=NC2=[N+](C)C1=O. The Balaban J connectivity index is 1.67. The zero-order valence-electron chi connectivity index (χ0n) is 15.0. The van der Waals surface area contributed by atoms with E-state index in [-0.39, 0.29) is 17.3 Å². The number of non-ortho nitro benzene ring substituents is 1. The first-order valence-electron chi connectivity index (χ1n) is 8.13. The first-order chi connectivity index (χ1) is 13.3. The van der Waals surface area contributed by atoms with Gasteiger partial charge in [-0.2, -0.15) is 9.48 Å². The fourth-order valence-corrected chi connectivity index (χ4v) is 3.65. The van der Waals surface area contributed by atoms with Gasteiger partial charge in [0.2, 0.25) is 5.91 Å². The highest BCUT2D eigenvalue weighted by Gasteiger charge is 2.47. The minimum absolute atomic E-state index is 0.0229. The third kappa shape index (κ3) is 3.69. The maximum Gasteiger partial charge on any atom is 0.445 e. The molecule has 2 aliphatic rings. The second-order valence-corrected chi connectivity index (χ2v) is 7.07. The Morgan fingerprint density at radius 1 is 1.36 bits per heavy atom. The van der Waals surface area contributed by atoms with Crippen LogP contribution >= 0.6 is 11.8 Å². The van der Waals surface area contributed by atoms with Crippen LogP contribution in [0.15, 0.2) is 40.2 Å². The van der Waals surface area contributed by atoms with Crippen molar-refractivity contribution in [2.45, 2.75) is 0 Å². The number of dihydropyridines is 1. The molecule has 3 rings (SSSR count). The van der Waals surface area contributed by atoms with Crippen molar-refractivity contribution in [3.63, 3.8) is 0 Å². The molecule has 2 aliphatic heterocycles. The highest BCUT2D eigenvalue weighted by Crippen LogP contribution is 2.31. The number of anilines is 1. The standard InChI is InChI=1S/C17H15N5O5S/c1-20-15-14(16(24)21(2)17(20)25)12(7-8-18-15)28-9-13(23)19-10-3-5-11(6-4-10)22(26)27/h3-8,14H,9H2,1-2H3/p+1. The van der Waals surface area contributed by atoms with Gasteiger partial charge < -0.3 is 5.32 Å². The third-order valence-corrected chi connectivity index (χ3v) is 5.33. The summed E-state index contributed by atoms with van der Waals surface area (Å²) in [5, 5.41) is 13.3. The largest absolute Gasteiger partial charge is 0.445 e. The number of fused-ring (bicyclic) bond motifs is 1. The summed E-state index contributed by atoms with van der Waals surface area (Å²) < 4.78 is 1.31. The van der Waals surface area contributed by atoms with E-state index < -0.39 is 22.8 Å². The van der Waals surface area contributed by atoms with Crippen LogP contribution < -0.4 is 5.32 Å². The smallest absolute Gasteiger partial charge is 0.325 e. The van der Waals surface area contributed by atoms with Crippen LogP contribution in [0.5, 0.6) is 0 Å². The van der Waals surface area contributed by atoms with Crippen LogP contribution in [0.3, 0.4) is 0 Å². The van der Waals surface area contributed by atoms with Gasteiger partial charge in [-0.25, -0.2) is 4.79 Å². The van der Waals surface area contributed by atoms with Crippen LogP contribution in [-0.4, -0.2) is 64.1 Å². The molecule has 28 heavy (non-hydrogen) atoms. The Bertz CT molecular complexity index is 967. The van der Waals surface area contributed by atoms with Crippen molar-refractivity contribution in [3.8, 4) is 0 Å². The summed E-state index contributed by atoms with van der Waals surface area (Å²) in [4.78, 5) is 52.7. The van der Waals surface area contributed by atoms with Crippen molar-refractivity contribution in [2.24, 2.45) is 10.9 Å². The number of thioether (sulfide) groups is 1. The Hall–Kier alpha value is -3.34. The van der Waals surface area contributed by atoms with E-state index in [0.29, 0.717) is 16.4 Å². The molecule has 0 fully saturated rings. The molecule has 0 bridgehead atoms. The number of allylic oxidation sites excluding steroid dienone is 1. The van der Waals surface area contributed by atoms with Crippen molar-refractivity contribution >= 4 is 53.0 Å². The quantitative estimate of drug-likeness (QED) is 0.452. The fourth-order valence-electron chi connectivity index (χ4n) is 2.75. The first-order valence-corrected chi connectivity index (χ1v) is 9.11. The topological polar surface area (TPSA) is 125 Å². The Labute approximate surface area is 163 Å². The molecule has 0 radical (unpaired) electrons. The van der Waals surface area contributed by atoms with Crippen molar-refractivity contribution in [1.29, 1.82) is 0 Å². The number of imide groups is 1. The van der Waals surface area contributed by atoms with Gasteiger partial charge in [0.1, 0.15) is 6.21 Å². The van der Waals surface area contributed by atoms with E-state index in [9.17, 15) is 24.5 Å². The zero-order valence-corrected chi connectivity index (χ0v) is 15.8. The van der Waals surface area contributed by atoms with Crippen molar-refractivity contribution in [2.75, 3.05) is 25.2 Å². The Morgan fingerprint density at radius 2 is 2.04 bits per heavy atom. The van der Waals surface area contributed by atoms with Gasteiger partial charge >= 0.3 is 11.9 Å². The first kappa shape index (κ1) is 19.4. The number of nitrogens with zero attached hydrogens (tertiary/aromatic N) is 4. The van der Waals surface area contributed by atoms with Crippen LogP contribution in [-0.2, 0) is 9.59 Å². The highest BCUT2D eigenvalue weighted by molar-refractivity contribution is 8.03. The average Bonchev–Trinajstić information content (AvgIpc) is 2.69. The number of amidine groups is 1. The number of carbonyl (C=O) groups excluding carboxylic acids is 3. The van der Waals surface area contributed by atoms with E-state index in [1.54, 1.807) is 13.1 Å². The van der Waals surface area contributed by atoms with Crippen LogP contribution in [0.25, 0.3) is 0 Å². The maximum absolute atomic E-state index is 12.5. The number of benzene rings is 1. The Kier molecular flexibility index (Phi) is 5.36.